The van der Waals surface area contributed by atoms with E-state index in [-0.39, 0.29) is 47.1 Å². The molecule has 2 unspecified atom stereocenters. The van der Waals surface area contributed by atoms with E-state index in [1.54, 1.807) is 30.3 Å². The molecule has 14 heteroatoms. The van der Waals surface area contributed by atoms with Gasteiger partial charge in [0.15, 0.2) is 0 Å². The van der Waals surface area contributed by atoms with Gasteiger partial charge in [0, 0.05) is 91.1 Å². The van der Waals surface area contributed by atoms with Gasteiger partial charge in [-0.3, -0.25) is 29.0 Å². The molecule has 3 saturated heterocycles. The summed E-state index contributed by atoms with van der Waals surface area (Å²) in [6.07, 6.45) is -0.640. The predicted octanol–water partition coefficient (Wildman–Crippen LogP) is 4.67. The van der Waals surface area contributed by atoms with Crippen molar-refractivity contribution in [2.45, 2.75) is 71.9 Å². The van der Waals surface area contributed by atoms with Crippen LogP contribution in [0.15, 0.2) is 60.7 Å². The van der Waals surface area contributed by atoms with Crippen molar-refractivity contribution >= 4 is 46.6 Å². The lowest BCUT2D eigenvalue weighted by Crippen LogP contribution is -2.74. The number of rotatable bonds is 9. The smallest absolute Gasteiger partial charge is 0.262 e. The maximum absolute atomic E-state index is 13.5. The number of hydrogen-bond donors (Lipinski definition) is 3. The lowest BCUT2D eigenvalue weighted by molar-refractivity contribution is -0.164. The van der Waals surface area contributed by atoms with E-state index in [0.29, 0.717) is 33.0 Å². The second-order valence-electron chi connectivity index (χ2n) is 18.1. The Bertz CT molecular complexity index is 2190. The van der Waals surface area contributed by atoms with Crippen LogP contribution in [0.25, 0.3) is 0 Å². The van der Waals surface area contributed by atoms with Gasteiger partial charge >= 0.3 is 0 Å². The number of ether oxygens (including phenoxy) is 1. The number of piperidine rings is 1. The van der Waals surface area contributed by atoms with E-state index in [0.717, 1.165) is 62.1 Å². The zero-order chi connectivity index (χ0) is 41.3. The van der Waals surface area contributed by atoms with Gasteiger partial charge in [-0.2, -0.15) is 5.26 Å². The number of halogens is 1. The Morgan fingerprint density at radius 3 is 2.17 bits per heavy atom. The number of aliphatic hydroxyl groups is 1. The molecule has 1 saturated carbocycles. The van der Waals surface area contributed by atoms with Crippen LogP contribution in [0.1, 0.15) is 84.1 Å². The molecule has 58 heavy (non-hydrogen) atoms. The summed E-state index contributed by atoms with van der Waals surface area (Å²) in [4.78, 5) is 60.6. The summed E-state index contributed by atoms with van der Waals surface area (Å²) < 4.78 is 6.38. The number of anilines is 2. The molecule has 3 aromatic rings. The minimum atomic E-state index is -0.963. The van der Waals surface area contributed by atoms with Crippen LogP contribution in [0.5, 0.6) is 5.75 Å². The summed E-state index contributed by atoms with van der Waals surface area (Å²) in [6, 6.07) is 19.3. The van der Waals surface area contributed by atoms with Gasteiger partial charge < -0.3 is 30.3 Å². The molecule has 3 N–H and O–H groups in total. The highest BCUT2D eigenvalue weighted by Crippen LogP contribution is 2.55. The zero-order valence-corrected chi connectivity index (χ0v) is 34.3. The summed E-state index contributed by atoms with van der Waals surface area (Å²) in [5.41, 5.74) is 2.94. The molecule has 0 spiro atoms. The van der Waals surface area contributed by atoms with Gasteiger partial charge in [0.25, 0.3) is 17.7 Å². The highest BCUT2D eigenvalue weighted by Gasteiger charge is 2.64. The summed E-state index contributed by atoms with van der Waals surface area (Å²) in [7, 11) is 0. The molecule has 0 aromatic heterocycles. The van der Waals surface area contributed by atoms with Crippen molar-refractivity contribution in [3.8, 4) is 11.8 Å². The Labute approximate surface area is 343 Å². The first kappa shape index (κ1) is 39.7. The molecule has 1 aliphatic carbocycles. The highest BCUT2D eigenvalue weighted by molar-refractivity contribution is 6.31. The maximum Gasteiger partial charge on any atom is 0.262 e. The first-order valence-electron chi connectivity index (χ1n) is 20.0. The van der Waals surface area contributed by atoms with Crippen LogP contribution in [0, 0.1) is 27.6 Å². The van der Waals surface area contributed by atoms with Crippen molar-refractivity contribution in [3.05, 3.63) is 87.9 Å². The SMILES string of the molecule is CC1(CN2CCN(c3ccc(C(=O)N[C@H]4C(C)(C)[C@H](Oc5ccc(C#N)c(Cl)c5)C4(C)C)cc3)CC2)CN(c2ccc3c(c2)C(=O)N(C2CCC(O)NC2=O)C3=O)C1. The van der Waals surface area contributed by atoms with E-state index >= 15 is 0 Å². The molecule has 2 atom stereocenters. The number of nitriles is 1. The monoisotopic (exact) mass is 807 g/mol. The van der Waals surface area contributed by atoms with E-state index in [2.05, 4.69) is 66.0 Å². The zero-order valence-electron chi connectivity index (χ0n) is 33.5. The Balaban J connectivity index is 0.808. The van der Waals surface area contributed by atoms with Gasteiger partial charge in [-0.1, -0.05) is 46.2 Å². The van der Waals surface area contributed by atoms with Gasteiger partial charge in [0.05, 0.1) is 21.7 Å². The van der Waals surface area contributed by atoms with E-state index in [1.807, 2.05) is 30.3 Å². The maximum atomic E-state index is 13.5. The molecule has 4 amide bonds. The number of carbonyl (C=O) groups is 4. The standard InChI is InChI=1S/C44H50ClN7O6/c1-42(2)40(43(3,4)41(42)58-30-12-8-27(22-46)33(45)21-30)48-36(54)26-6-9-28(10-7-26)50-18-16-49(17-19-50)23-44(5)24-51(25-44)29-11-13-31-32(20-29)39(57)52(38(31)56)34-14-15-35(53)47-37(34)55/h6-13,20-21,34-35,40-41,53H,14-19,23-25H2,1-5H3,(H,47,55)(H,48,54)/t34?,35?,40-,41-. The van der Waals surface area contributed by atoms with Crippen molar-refractivity contribution in [2.24, 2.45) is 16.2 Å². The van der Waals surface area contributed by atoms with Crippen LogP contribution in [0.3, 0.4) is 0 Å². The summed E-state index contributed by atoms with van der Waals surface area (Å²) >= 11 is 6.25. The third kappa shape index (κ3) is 6.95. The van der Waals surface area contributed by atoms with Gasteiger partial charge in [-0.05, 0) is 67.4 Å². The number of hydrogen-bond acceptors (Lipinski definition) is 10. The van der Waals surface area contributed by atoms with E-state index < -0.39 is 30.0 Å². The molecule has 13 nitrogen and oxygen atoms in total. The summed E-state index contributed by atoms with van der Waals surface area (Å²) in [6.45, 7) is 16.8. The number of amides is 4. The van der Waals surface area contributed by atoms with E-state index in [1.165, 1.54) is 0 Å². The normalized spacial score (nSPS) is 25.9. The minimum absolute atomic E-state index is 0.0656. The van der Waals surface area contributed by atoms with Crippen molar-refractivity contribution < 1.29 is 29.0 Å². The number of nitrogens with zero attached hydrogens (tertiary/aromatic N) is 5. The van der Waals surface area contributed by atoms with Crippen molar-refractivity contribution in [3.63, 3.8) is 0 Å². The van der Waals surface area contributed by atoms with Crippen LogP contribution >= 0.6 is 11.6 Å². The lowest BCUT2D eigenvalue weighted by atomic mass is 9.49. The third-order valence-electron chi connectivity index (χ3n) is 13.0. The van der Waals surface area contributed by atoms with Crippen LogP contribution in [0.4, 0.5) is 11.4 Å². The van der Waals surface area contributed by atoms with Crippen molar-refractivity contribution in [1.82, 2.24) is 20.4 Å². The number of nitrogens with one attached hydrogen (secondary N) is 2. The van der Waals surface area contributed by atoms with Gasteiger partial charge in [-0.25, -0.2) is 0 Å². The van der Waals surface area contributed by atoms with E-state index in [4.69, 9.17) is 16.3 Å². The van der Waals surface area contributed by atoms with Gasteiger partial charge in [0.1, 0.15) is 30.2 Å². The number of benzene rings is 3. The number of piperazine rings is 1. The quantitative estimate of drug-likeness (QED) is 0.260. The molecule has 0 radical (unpaired) electrons. The second kappa shape index (κ2) is 14.6. The fourth-order valence-corrected chi connectivity index (χ4v) is 10.5. The average Bonchev–Trinajstić information content (AvgIpc) is 3.43. The van der Waals surface area contributed by atoms with E-state index in [9.17, 15) is 29.5 Å². The van der Waals surface area contributed by atoms with Crippen molar-refractivity contribution in [2.75, 3.05) is 55.6 Å². The molecule has 5 aliphatic rings. The Hall–Kier alpha value is -5.16. The molecular weight excluding hydrogens is 758 g/mol. The Morgan fingerprint density at radius 1 is 0.879 bits per heavy atom. The summed E-state index contributed by atoms with van der Waals surface area (Å²) in [5, 5.41) is 25.0. The number of carbonyl (C=O) groups excluding carboxylic acids is 4. The van der Waals surface area contributed by atoms with Crippen molar-refractivity contribution in [1.29, 1.82) is 5.26 Å². The first-order chi connectivity index (χ1) is 27.5. The lowest BCUT2D eigenvalue weighted by Gasteiger charge is -2.63. The Kier molecular flexibility index (Phi) is 9.97. The third-order valence-corrected chi connectivity index (χ3v) is 13.3. The molecule has 3 aromatic carbocycles. The molecule has 304 valence electrons. The molecule has 4 fully saturated rings. The number of imide groups is 1. The molecular formula is C44H50ClN7O6. The molecule has 4 heterocycles. The molecule has 0 bridgehead atoms. The number of fused-ring (bicyclic) bond motifs is 1. The average molecular weight is 808 g/mol. The fraction of sp³-hybridized carbons (Fsp3) is 0.477. The molecule has 4 aliphatic heterocycles. The topological polar surface area (TPSA) is 159 Å². The van der Waals surface area contributed by atoms with Crippen LogP contribution < -0.4 is 25.2 Å². The van der Waals surface area contributed by atoms with Gasteiger partial charge in [-0.15, -0.1) is 0 Å². The van der Waals surface area contributed by atoms with Crippen LogP contribution in [-0.2, 0) is 4.79 Å². The van der Waals surface area contributed by atoms with Gasteiger partial charge in [0.2, 0.25) is 5.91 Å². The largest absolute Gasteiger partial charge is 0.489 e. The fourth-order valence-electron chi connectivity index (χ4n) is 10.2. The highest BCUT2D eigenvalue weighted by atomic mass is 35.5. The molecule has 8 rings (SSSR count). The second-order valence-corrected chi connectivity index (χ2v) is 18.5. The minimum Gasteiger partial charge on any atom is -0.489 e. The number of aliphatic hydroxyl groups excluding tert-OH is 1. The predicted molar refractivity (Wildman–Crippen MR) is 219 cm³/mol. The van der Waals surface area contributed by atoms with Crippen LogP contribution in [0.2, 0.25) is 5.02 Å². The Morgan fingerprint density at radius 2 is 1.53 bits per heavy atom. The van der Waals surface area contributed by atoms with Crippen LogP contribution in [-0.4, -0.2) is 109 Å². The first-order valence-corrected chi connectivity index (χ1v) is 20.4. The summed E-state index contributed by atoms with van der Waals surface area (Å²) in [5.74, 6) is -0.977.